The molecule has 1 fully saturated rings. The number of rotatable bonds is 7. The second-order valence-corrected chi connectivity index (χ2v) is 5.78. The van der Waals surface area contributed by atoms with Crippen molar-refractivity contribution in [2.24, 2.45) is 0 Å². The minimum atomic E-state index is -0.0734. The Morgan fingerprint density at radius 2 is 2.00 bits per heavy atom. The highest BCUT2D eigenvalue weighted by atomic mass is 35.5. The van der Waals surface area contributed by atoms with Crippen LogP contribution in [0.15, 0.2) is 24.3 Å². The summed E-state index contributed by atoms with van der Waals surface area (Å²) in [5.41, 5.74) is 0.719. The van der Waals surface area contributed by atoms with Gasteiger partial charge < -0.3 is 15.4 Å². The van der Waals surface area contributed by atoms with Gasteiger partial charge in [-0.3, -0.25) is 9.59 Å². The maximum atomic E-state index is 11.7. The van der Waals surface area contributed by atoms with Crippen molar-refractivity contribution in [3.8, 4) is 0 Å². The van der Waals surface area contributed by atoms with Crippen LogP contribution < -0.4 is 10.6 Å². The predicted octanol–water partition coefficient (Wildman–Crippen LogP) is 2.74. The van der Waals surface area contributed by atoms with Crippen molar-refractivity contribution in [1.29, 1.82) is 0 Å². The molecule has 1 heterocycles. The van der Waals surface area contributed by atoms with E-state index in [9.17, 15) is 9.59 Å². The van der Waals surface area contributed by atoms with Gasteiger partial charge in [-0.2, -0.15) is 0 Å². The maximum absolute atomic E-state index is 11.7. The van der Waals surface area contributed by atoms with Gasteiger partial charge in [-0.05, 0) is 43.5 Å². The Kier molecular flexibility index (Phi) is 6.68. The lowest BCUT2D eigenvalue weighted by molar-refractivity contribution is -0.123. The molecular weight excluding hydrogens is 304 g/mol. The number of hydrogen-bond acceptors (Lipinski definition) is 3. The summed E-state index contributed by atoms with van der Waals surface area (Å²) in [7, 11) is 0. The third-order valence-corrected chi connectivity index (χ3v) is 3.72. The fraction of sp³-hybridized carbons (Fsp3) is 0.500. The van der Waals surface area contributed by atoms with Gasteiger partial charge in [0.25, 0.3) is 0 Å². The molecule has 6 heteroatoms. The van der Waals surface area contributed by atoms with E-state index in [1.807, 2.05) is 0 Å². The molecule has 2 N–H and O–H groups in total. The van der Waals surface area contributed by atoms with Gasteiger partial charge in [0, 0.05) is 30.3 Å². The summed E-state index contributed by atoms with van der Waals surface area (Å²) in [4.78, 5) is 23.4. The van der Waals surface area contributed by atoms with Crippen molar-refractivity contribution in [2.75, 3.05) is 18.5 Å². The maximum Gasteiger partial charge on any atom is 0.224 e. The van der Waals surface area contributed by atoms with E-state index >= 15 is 0 Å². The van der Waals surface area contributed by atoms with E-state index in [0.717, 1.165) is 25.1 Å². The molecule has 22 heavy (non-hydrogen) atoms. The van der Waals surface area contributed by atoms with Crippen molar-refractivity contribution in [1.82, 2.24) is 5.32 Å². The molecule has 1 aliphatic rings. The quantitative estimate of drug-likeness (QED) is 0.758. The van der Waals surface area contributed by atoms with Crippen LogP contribution in [0.2, 0.25) is 5.02 Å². The lowest BCUT2D eigenvalue weighted by atomic mass is 10.2. The van der Waals surface area contributed by atoms with Gasteiger partial charge in [-0.1, -0.05) is 11.6 Å². The van der Waals surface area contributed by atoms with Crippen LogP contribution in [0.4, 0.5) is 5.69 Å². The van der Waals surface area contributed by atoms with Gasteiger partial charge >= 0.3 is 0 Å². The summed E-state index contributed by atoms with van der Waals surface area (Å²) < 4.78 is 5.41. The van der Waals surface area contributed by atoms with Crippen LogP contribution in [0, 0.1) is 0 Å². The number of nitrogens with one attached hydrogen (secondary N) is 2. The number of carbonyl (C=O) groups excluding carboxylic acids is 2. The highest BCUT2D eigenvalue weighted by Gasteiger charge is 2.18. The second kappa shape index (κ2) is 8.76. The third-order valence-electron chi connectivity index (χ3n) is 3.47. The number of carbonyl (C=O) groups is 2. The average molecular weight is 325 g/mol. The van der Waals surface area contributed by atoms with Crippen LogP contribution in [0.3, 0.4) is 0 Å². The fourth-order valence-electron chi connectivity index (χ4n) is 2.32. The van der Waals surface area contributed by atoms with Crippen LogP contribution in [0.25, 0.3) is 0 Å². The number of ether oxygens (including phenoxy) is 1. The van der Waals surface area contributed by atoms with E-state index in [1.54, 1.807) is 24.3 Å². The molecule has 0 bridgehead atoms. The number of hydrogen-bond donors (Lipinski definition) is 2. The summed E-state index contributed by atoms with van der Waals surface area (Å²) >= 11 is 5.78. The Morgan fingerprint density at radius 3 is 2.68 bits per heavy atom. The molecule has 1 aliphatic heterocycles. The van der Waals surface area contributed by atoms with Gasteiger partial charge in [0.1, 0.15) is 0 Å². The first-order valence-corrected chi connectivity index (χ1v) is 7.95. The van der Waals surface area contributed by atoms with Crippen LogP contribution in [-0.2, 0) is 14.3 Å². The Hall–Kier alpha value is -1.59. The average Bonchev–Trinajstić information content (AvgIpc) is 2.99. The van der Waals surface area contributed by atoms with Crippen LogP contribution in [0.1, 0.15) is 32.1 Å². The lowest BCUT2D eigenvalue weighted by Crippen LogP contribution is -2.28. The zero-order chi connectivity index (χ0) is 15.8. The first-order chi connectivity index (χ1) is 10.6. The van der Waals surface area contributed by atoms with Crippen LogP contribution in [-0.4, -0.2) is 31.1 Å². The molecule has 1 saturated heterocycles. The molecule has 0 unspecified atom stereocenters. The van der Waals surface area contributed by atoms with E-state index < -0.39 is 0 Å². The van der Waals surface area contributed by atoms with Crippen molar-refractivity contribution in [2.45, 2.75) is 38.2 Å². The van der Waals surface area contributed by atoms with Gasteiger partial charge in [-0.15, -0.1) is 0 Å². The van der Waals surface area contributed by atoms with Crippen molar-refractivity contribution in [3.63, 3.8) is 0 Å². The number of halogens is 1. The number of benzene rings is 1. The molecule has 2 amide bonds. The first-order valence-electron chi connectivity index (χ1n) is 7.57. The molecule has 1 aromatic carbocycles. The highest BCUT2D eigenvalue weighted by Crippen LogP contribution is 2.15. The van der Waals surface area contributed by atoms with E-state index in [1.165, 1.54) is 0 Å². The normalized spacial score (nSPS) is 17.2. The smallest absolute Gasteiger partial charge is 0.224 e. The molecule has 0 spiro atoms. The zero-order valence-electron chi connectivity index (χ0n) is 12.4. The molecule has 1 atom stereocenters. The minimum Gasteiger partial charge on any atom is -0.378 e. The molecule has 5 nitrogen and oxygen atoms in total. The standard InChI is InChI=1S/C16H21ClN2O3/c17-12-5-7-13(8-6-12)19-15(20)4-1-9-18-16(21)11-14-3-2-10-22-14/h5-8,14H,1-4,9-11H2,(H,18,21)(H,19,20)/t14-/m1/s1. The molecule has 0 saturated carbocycles. The summed E-state index contributed by atoms with van der Waals surface area (Å²) in [6.07, 6.45) is 3.43. The molecule has 2 rings (SSSR count). The van der Waals surface area contributed by atoms with Crippen LogP contribution >= 0.6 is 11.6 Å². The Labute approximate surface area is 135 Å². The molecule has 0 aliphatic carbocycles. The summed E-state index contributed by atoms with van der Waals surface area (Å²) in [6.45, 7) is 1.25. The van der Waals surface area contributed by atoms with Crippen LogP contribution in [0.5, 0.6) is 0 Å². The summed E-state index contributed by atoms with van der Waals surface area (Å²) in [5.74, 6) is -0.0827. The third kappa shape index (κ3) is 6.03. The van der Waals surface area contributed by atoms with E-state index in [0.29, 0.717) is 30.8 Å². The Morgan fingerprint density at radius 1 is 1.23 bits per heavy atom. The lowest BCUT2D eigenvalue weighted by Gasteiger charge is -2.10. The molecule has 0 radical (unpaired) electrons. The van der Waals surface area contributed by atoms with E-state index in [4.69, 9.17) is 16.3 Å². The highest BCUT2D eigenvalue weighted by molar-refractivity contribution is 6.30. The molecule has 120 valence electrons. The minimum absolute atomic E-state index is 0.00925. The monoisotopic (exact) mass is 324 g/mol. The fourth-order valence-corrected chi connectivity index (χ4v) is 2.44. The second-order valence-electron chi connectivity index (χ2n) is 5.35. The van der Waals surface area contributed by atoms with Gasteiger partial charge in [0.2, 0.25) is 11.8 Å². The van der Waals surface area contributed by atoms with Crippen molar-refractivity contribution >= 4 is 29.1 Å². The molecular formula is C16H21ClN2O3. The zero-order valence-corrected chi connectivity index (χ0v) is 13.2. The van der Waals surface area contributed by atoms with E-state index in [2.05, 4.69) is 10.6 Å². The number of amides is 2. The Balaban J connectivity index is 1.56. The van der Waals surface area contributed by atoms with E-state index in [-0.39, 0.29) is 17.9 Å². The predicted molar refractivity (Wildman–Crippen MR) is 85.9 cm³/mol. The number of anilines is 1. The van der Waals surface area contributed by atoms with Gasteiger partial charge in [-0.25, -0.2) is 0 Å². The molecule has 1 aromatic rings. The SMILES string of the molecule is O=C(C[C@H]1CCCO1)NCCCC(=O)Nc1ccc(Cl)cc1. The van der Waals surface area contributed by atoms with Gasteiger partial charge in [0.05, 0.1) is 12.5 Å². The largest absolute Gasteiger partial charge is 0.378 e. The topological polar surface area (TPSA) is 67.4 Å². The van der Waals surface area contributed by atoms with Crippen molar-refractivity contribution in [3.05, 3.63) is 29.3 Å². The van der Waals surface area contributed by atoms with Gasteiger partial charge in [0.15, 0.2) is 0 Å². The summed E-state index contributed by atoms with van der Waals surface area (Å²) in [6, 6.07) is 6.96. The molecule has 0 aromatic heterocycles. The van der Waals surface area contributed by atoms with Crippen molar-refractivity contribution < 1.29 is 14.3 Å². The Bertz CT molecular complexity index is 499. The summed E-state index contributed by atoms with van der Waals surface area (Å²) in [5, 5.41) is 6.24. The first kappa shape index (κ1) is 16.8.